The number of nitrogens with zero attached hydrogens (tertiary/aromatic N) is 6. The predicted octanol–water partition coefficient (Wildman–Crippen LogP) is 1.55. The fourth-order valence-electron chi connectivity index (χ4n) is 4.29. The number of hydrogen-bond donors (Lipinski definition) is 2. The van der Waals surface area contributed by atoms with Crippen molar-refractivity contribution in [2.24, 2.45) is 0 Å². The van der Waals surface area contributed by atoms with E-state index in [-0.39, 0.29) is 12.5 Å². The molecule has 1 atom stereocenters. The number of aliphatic hydroxyl groups is 1. The Hall–Kier alpha value is -2.72. The molecule has 0 bridgehead atoms. The van der Waals surface area contributed by atoms with Crippen LogP contribution in [-0.4, -0.2) is 68.7 Å². The molecule has 0 unspecified atom stereocenters. The van der Waals surface area contributed by atoms with Crippen LogP contribution in [-0.2, 0) is 0 Å². The van der Waals surface area contributed by atoms with Gasteiger partial charge < -0.3 is 24.6 Å². The number of aliphatic hydroxyl groups excluding tert-OH is 1. The molecule has 1 amide bonds. The van der Waals surface area contributed by atoms with Crippen molar-refractivity contribution in [1.82, 2.24) is 24.7 Å². The van der Waals surface area contributed by atoms with Crippen LogP contribution >= 0.6 is 11.3 Å². The Morgan fingerprint density at radius 3 is 2.73 bits per heavy atom. The van der Waals surface area contributed by atoms with Crippen molar-refractivity contribution in [1.29, 1.82) is 0 Å². The van der Waals surface area contributed by atoms with Gasteiger partial charge in [-0.15, -0.1) is 11.3 Å². The molecular weight excluding hydrogens is 402 g/mol. The van der Waals surface area contributed by atoms with Gasteiger partial charge in [0, 0.05) is 56.3 Å². The molecule has 2 N–H and O–H groups in total. The smallest absolute Gasteiger partial charge is 0.271 e. The third-order valence-electron chi connectivity index (χ3n) is 5.98. The minimum absolute atomic E-state index is 0.143. The summed E-state index contributed by atoms with van der Waals surface area (Å²) in [4.78, 5) is 30.7. The normalized spacial score (nSPS) is 22.0. The maximum atomic E-state index is 12.9. The number of fused-ring (bicyclic) bond motifs is 1. The first kappa shape index (κ1) is 19.3. The average molecular weight is 428 g/mol. The molecule has 30 heavy (non-hydrogen) atoms. The van der Waals surface area contributed by atoms with Crippen molar-refractivity contribution in [2.45, 2.75) is 31.2 Å². The molecule has 5 rings (SSSR count). The molecule has 10 heteroatoms. The summed E-state index contributed by atoms with van der Waals surface area (Å²) in [5.74, 6) is 0.519. The third-order valence-corrected chi connectivity index (χ3v) is 6.88. The molecule has 2 saturated heterocycles. The van der Waals surface area contributed by atoms with Gasteiger partial charge in [0.05, 0.1) is 12.1 Å². The predicted molar refractivity (Wildman–Crippen MR) is 115 cm³/mol. The Morgan fingerprint density at radius 2 is 1.93 bits per heavy atom. The molecule has 3 aromatic heterocycles. The topological polar surface area (TPSA) is 98.9 Å². The first-order chi connectivity index (χ1) is 14.7. The Bertz CT molecular complexity index is 1040. The number of hydrogen-bond acceptors (Lipinski definition) is 8. The summed E-state index contributed by atoms with van der Waals surface area (Å²) in [5, 5.41) is 15.9. The van der Waals surface area contributed by atoms with Gasteiger partial charge in [-0.1, -0.05) is 0 Å². The van der Waals surface area contributed by atoms with Gasteiger partial charge in [-0.25, -0.2) is 15.0 Å². The lowest BCUT2D eigenvalue weighted by Gasteiger charge is -2.28. The molecule has 9 nitrogen and oxygen atoms in total. The molecule has 0 spiro atoms. The second-order valence-electron chi connectivity index (χ2n) is 8.04. The van der Waals surface area contributed by atoms with E-state index in [1.807, 2.05) is 22.2 Å². The molecule has 2 fully saturated rings. The van der Waals surface area contributed by atoms with Gasteiger partial charge in [-0.05, 0) is 25.7 Å². The summed E-state index contributed by atoms with van der Waals surface area (Å²) in [7, 11) is 0. The van der Waals surface area contributed by atoms with Gasteiger partial charge in [0.1, 0.15) is 5.69 Å². The molecule has 0 aromatic carbocycles. The highest BCUT2D eigenvalue weighted by Gasteiger charge is 2.40. The van der Waals surface area contributed by atoms with E-state index < -0.39 is 5.54 Å². The van der Waals surface area contributed by atoms with Crippen molar-refractivity contribution in [3.05, 3.63) is 35.9 Å². The van der Waals surface area contributed by atoms with E-state index >= 15 is 0 Å². The largest absolute Gasteiger partial charge is 0.394 e. The number of aromatic nitrogens is 4. The van der Waals surface area contributed by atoms with E-state index in [0.717, 1.165) is 29.7 Å². The number of carbonyl (C=O) groups excluding carboxylic acids is 1. The zero-order valence-electron chi connectivity index (χ0n) is 16.7. The number of imidazole rings is 1. The van der Waals surface area contributed by atoms with Gasteiger partial charge in [-0.2, -0.15) is 0 Å². The highest BCUT2D eigenvalue weighted by atomic mass is 32.1. The van der Waals surface area contributed by atoms with Crippen LogP contribution in [0.4, 0.5) is 10.9 Å². The lowest BCUT2D eigenvalue weighted by molar-refractivity contribution is 0.0850. The maximum Gasteiger partial charge on any atom is 0.271 e. The second-order valence-corrected chi connectivity index (χ2v) is 8.87. The Balaban J connectivity index is 1.30. The van der Waals surface area contributed by atoms with Crippen LogP contribution in [0.1, 0.15) is 36.2 Å². The molecule has 5 heterocycles. The van der Waals surface area contributed by atoms with Crippen LogP contribution in [0.15, 0.2) is 30.2 Å². The monoisotopic (exact) mass is 427 g/mol. The molecule has 3 aromatic rings. The first-order valence-electron chi connectivity index (χ1n) is 10.3. The summed E-state index contributed by atoms with van der Waals surface area (Å²) in [6, 6.07) is 0. The van der Waals surface area contributed by atoms with Crippen LogP contribution < -0.4 is 15.1 Å². The number of carbonyl (C=O) groups is 1. The molecule has 0 saturated carbocycles. The molecule has 0 aliphatic carbocycles. The number of nitrogens with one attached hydrogen (secondary N) is 1. The van der Waals surface area contributed by atoms with Crippen LogP contribution in [0.5, 0.6) is 0 Å². The SMILES string of the molecule is O=C(N[C@@]1(CO)CCN(c2nccn3ccnc23)C1)c1csc(N2CCCCC2)n1. The van der Waals surface area contributed by atoms with Crippen molar-refractivity contribution in [3.8, 4) is 0 Å². The van der Waals surface area contributed by atoms with Crippen LogP contribution in [0.25, 0.3) is 5.65 Å². The lowest BCUT2D eigenvalue weighted by Crippen LogP contribution is -2.53. The Morgan fingerprint density at radius 1 is 1.13 bits per heavy atom. The summed E-state index contributed by atoms with van der Waals surface area (Å²) in [5.41, 5.74) is 0.455. The summed E-state index contributed by atoms with van der Waals surface area (Å²) >= 11 is 1.51. The van der Waals surface area contributed by atoms with Crippen LogP contribution in [0.2, 0.25) is 0 Å². The molecular formula is C20H25N7O2S. The summed E-state index contributed by atoms with van der Waals surface area (Å²) in [6.45, 7) is 3.00. The van der Waals surface area contributed by atoms with E-state index in [1.165, 1.54) is 30.6 Å². The van der Waals surface area contributed by atoms with Gasteiger partial charge >= 0.3 is 0 Å². The lowest BCUT2D eigenvalue weighted by atomic mass is 10.00. The zero-order valence-corrected chi connectivity index (χ0v) is 17.5. The third kappa shape index (κ3) is 3.50. The van der Waals surface area contributed by atoms with Gasteiger partial charge in [0.25, 0.3) is 5.91 Å². The maximum absolute atomic E-state index is 12.9. The van der Waals surface area contributed by atoms with Crippen molar-refractivity contribution in [3.63, 3.8) is 0 Å². The minimum atomic E-state index is -0.729. The Labute approximate surface area is 178 Å². The molecule has 158 valence electrons. The van der Waals surface area contributed by atoms with Gasteiger partial charge in [0.2, 0.25) is 0 Å². The quantitative estimate of drug-likeness (QED) is 0.637. The van der Waals surface area contributed by atoms with E-state index in [0.29, 0.717) is 25.2 Å². The standard InChI is InChI=1S/C20H25N7O2S/c28-14-20(4-9-27(13-20)17-16-21-5-10-25(16)11-6-22-17)24-18(29)15-12-30-19(23-15)26-7-2-1-3-8-26/h5-6,10-12,28H,1-4,7-9,13-14H2,(H,24,29)/t20-/m0/s1. The minimum Gasteiger partial charge on any atom is -0.394 e. The van der Waals surface area contributed by atoms with Crippen LogP contribution in [0.3, 0.4) is 0 Å². The van der Waals surface area contributed by atoms with Crippen LogP contribution in [0, 0.1) is 0 Å². The molecule has 2 aliphatic rings. The molecule has 2 aliphatic heterocycles. The van der Waals surface area contributed by atoms with E-state index in [2.05, 4.69) is 30.1 Å². The highest BCUT2D eigenvalue weighted by molar-refractivity contribution is 7.13. The average Bonchev–Trinajstić information content (AvgIpc) is 3.53. The number of anilines is 2. The van der Waals surface area contributed by atoms with E-state index in [4.69, 9.17) is 0 Å². The Kier molecular flexibility index (Phi) is 5.03. The fraction of sp³-hybridized carbons (Fsp3) is 0.500. The molecule has 0 radical (unpaired) electrons. The second kappa shape index (κ2) is 7.84. The fourth-order valence-corrected chi connectivity index (χ4v) is 5.15. The van der Waals surface area contributed by atoms with Crippen molar-refractivity contribution >= 4 is 33.8 Å². The highest BCUT2D eigenvalue weighted by Crippen LogP contribution is 2.29. The van der Waals surface area contributed by atoms with E-state index in [1.54, 1.807) is 12.4 Å². The van der Waals surface area contributed by atoms with Crippen molar-refractivity contribution < 1.29 is 9.90 Å². The van der Waals surface area contributed by atoms with E-state index in [9.17, 15) is 9.90 Å². The number of piperidine rings is 1. The number of thiazole rings is 1. The number of amides is 1. The van der Waals surface area contributed by atoms with Gasteiger partial charge in [-0.3, -0.25) is 4.79 Å². The number of rotatable bonds is 5. The van der Waals surface area contributed by atoms with Gasteiger partial charge in [0.15, 0.2) is 16.6 Å². The summed E-state index contributed by atoms with van der Waals surface area (Å²) in [6.07, 6.45) is 11.4. The zero-order chi connectivity index (χ0) is 20.6. The summed E-state index contributed by atoms with van der Waals surface area (Å²) < 4.78 is 1.91. The van der Waals surface area contributed by atoms with Crippen molar-refractivity contribution in [2.75, 3.05) is 42.6 Å². The first-order valence-corrected chi connectivity index (χ1v) is 11.2.